The van der Waals surface area contributed by atoms with Crippen molar-refractivity contribution in [3.05, 3.63) is 46.2 Å². The average Bonchev–Trinajstić information content (AvgIpc) is 2.85. The van der Waals surface area contributed by atoms with Gasteiger partial charge in [-0.15, -0.1) is 0 Å². The van der Waals surface area contributed by atoms with Gasteiger partial charge in [-0.3, -0.25) is 4.79 Å². The minimum atomic E-state index is -0.491. The number of benzene rings is 1. The lowest BCUT2D eigenvalue weighted by Gasteiger charge is -2.33. The van der Waals surface area contributed by atoms with Crippen molar-refractivity contribution in [2.75, 3.05) is 44.2 Å². The Hall–Kier alpha value is -3.11. The van der Waals surface area contributed by atoms with Crippen molar-refractivity contribution in [3.8, 4) is 0 Å². The van der Waals surface area contributed by atoms with E-state index in [1.54, 1.807) is 4.90 Å². The summed E-state index contributed by atoms with van der Waals surface area (Å²) in [5.74, 6) is 0.0749. The van der Waals surface area contributed by atoms with Crippen LogP contribution in [0, 0.1) is 18.8 Å². The van der Waals surface area contributed by atoms with Gasteiger partial charge in [0.1, 0.15) is 5.60 Å². The molecule has 208 valence electrons. The predicted octanol–water partition coefficient (Wildman–Crippen LogP) is 3.43. The van der Waals surface area contributed by atoms with Gasteiger partial charge in [-0.05, 0) is 83.0 Å². The van der Waals surface area contributed by atoms with E-state index in [-0.39, 0.29) is 34.5 Å². The molecule has 10 nitrogen and oxygen atoms in total. The number of aromatic nitrogens is 2. The van der Waals surface area contributed by atoms with E-state index in [1.807, 2.05) is 32.9 Å². The largest absolute Gasteiger partial charge is 0.444 e. The zero-order chi connectivity index (χ0) is 27.9. The Morgan fingerprint density at radius 1 is 1.13 bits per heavy atom. The smallest absolute Gasteiger partial charge is 0.410 e. The standard InChI is InChI=1S/C27H40ClN7O3/c1-17-7-5-6-8-20(17)13-19(16-32-25(36)21-23(29)34-24(30)22(28)33-21)15-31-14-18-9-11-35(12-10-18)26(37)38-27(2,3)4/h5-8,18-19,31H,9-16H2,1-4H3,(H,32,36)(H4,29,30,34). The Bertz CT molecular complexity index is 1110. The first-order valence-corrected chi connectivity index (χ1v) is 13.4. The maximum atomic E-state index is 12.8. The molecular formula is C27H40ClN7O3. The summed E-state index contributed by atoms with van der Waals surface area (Å²) in [5.41, 5.74) is 13.4. The van der Waals surface area contributed by atoms with Crippen LogP contribution in [-0.2, 0) is 11.2 Å². The van der Waals surface area contributed by atoms with Gasteiger partial charge in [0.2, 0.25) is 0 Å². The molecule has 2 amide bonds. The minimum Gasteiger partial charge on any atom is -0.444 e. The Labute approximate surface area is 229 Å². The van der Waals surface area contributed by atoms with Gasteiger partial charge in [-0.2, -0.15) is 0 Å². The molecule has 38 heavy (non-hydrogen) atoms. The number of rotatable bonds is 9. The fraction of sp³-hybridized carbons (Fsp3) is 0.556. The summed E-state index contributed by atoms with van der Waals surface area (Å²) < 4.78 is 5.50. The van der Waals surface area contributed by atoms with E-state index < -0.39 is 11.5 Å². The van der Waals surface area contributed by atoms with Gasteiger partial charge >= 0.3 is 6.09 Å². The molecule has 0 radical (unpaired) electrons. The molecule has 1 aliphatic heterocycles. The molecule has 2 aromatic rings. The molecule has 1 aliphatic rings. The minimum absolute atomic E-state index is 0.0146. The second-order valence-electron chi connectivity index (χ2n) is 10.9. The molecule has 0 saturated carbocycles. The van der Waals surface area contributed by atoms with Gasteiger partial charge < -0.3 is 31.7 Å². The number of hydrogen-bond acceptors (Lipinski definition) is 8. The number of likely N-dealkylation sites (tertiary alicyclic amines) is 1. The van der Waals surface area contributed by atoms with E-state index in [9.17, 15) is 9.59 Å². The van der Waals surface area contributed by atoms with Gasteiger partial charge in [-0.1, -0.05) is 35.9 Å². The highest BCUT2D eigenvalue weighted by Crippen LogP contribution is 2.20. The van der Waals surface area contributed by atoms with E-state index in [2.05, 4.69) is 39.7 Å². The summed E-state index contributed by atoms with van der Waals surface area (Å²) in [6.07, 6.45) is 2.38. The average molecular weight is 546 g/mol. The first kappa shape index (κ1) is 29.4. The maximum Gasteiger partial charge on any atom is 0.410 e. The second-order valence-corrected chi connectivity index (χ2v) is 11.3. The normalized spacial score (nSPS) is 15.2. The van der Waals surface area contributed by atoms with Crippen LogP contribution in [0.4, 0.5) is 16.4 Å². The summed E-state index contributed by atoms with van der Waals surface area (Å²) in [7, 11) is 0. The first-order valence-electron chi connectivity index (χ1n) is 13.0. The number of halogens is 1. The van der Waals surface area contributed by atoms with Crippen molar-refractivity contribution in [3.63, 3.8) is 0 Å². The monoisotopic (exact) mass is 545 g/mol. The lowest BCUT2D eigenvalue weighted by atomic mass is 9.94. The highest BCUT2D eigenvalue weighted by molar-refractivity contribution is 6.31. The molecular weight excluding hydrogens is 506 g/mol. The van der Waals surface area contributed by atoms with Crippen LogP contribution in [0.2, 0.25) is 5.15 Å². The van der Waals surface area contributed by atoms with Gasteiger partial charge in [0, 0.05) is 19.6 Å². The number of carbonyl (C=O) groups excluding carboxylic acids is 2. The molecule has 1 saturated heterocycles. The number of ether oxygens (including phenoxy) is 1. The number of hydrogen-bond donors (Lipinski definition) is 4. The lowest BCUT2D eigenvalue weighted by Crippen LogP contribution is -2.44. The Morgan fingerprint density at radius 2 is 1.82 bits per heavy atom. The van der Waals surface area contributed by atoms with Crippen LogP contribution in [0.5, 0.6) is 0 Å². The number of carbonyl (C=O) groups is 2. The quantitative estimate of drug-likeness (QED) is 0.374. The molecule has 11 heteroatoms. The van der Waals surface area contributed by atoms with Crippen molar-refractivity contribution in [1.82, 2.24) is 25.5 Å². The number of aryl methyl sites for hydroxylation is 1. The summed E-state index contributed by atoms with van der Waals surface area (Å²) in [6, 6.07) is 8.24. The van der Waals surface area contributed by atoms with Crippen LogP contribution in [0.1, 0.15) is 55.2 Å². The summed E-state index contributed by atoms with van der Waals surface area (Å²) in [5, 5.41) is 6.47. The predicted molar refractivity (Wildman–Crippen MR) is 150 cm³/mol. The molecule has 6 N–H and O–H groups in total. The summed E-state index contributed by atoms with van der Waals surface area (Å²) >= 11 is 5.94. The third-order valence-corrected chi connectivity index (χ3v) is 6.85. The molecule has 1 aromatic heterocycles. The van der Waals surface area contributed by atoms with E-state index in [0.29, 0.717) is 32.1 Å². The van der Waals surface area contributed by atoms with Crippen LogP contribution < -0.4 is 22.1 Å². The molecule has 1 atom stereocenters. The number of amides is 2. The van der Waals surface area contributed by atoms with Crippen LogP contribution in [0.15, 0.2) is 24.3 Å². The topological polar surface area (TPSA) is 148 Å². The zero-order valence-electron chi connectivity index (χ0n) is 22.7. The van der Waals surface area contributed by atoms with E-state index in [1.165, 1.54) is 11.1 Å². The van der Waals surface area contributed by atoms with E-state index >= 15 is 0 Å². The second kappa shape index (κ2) is 13.1. The molecule has 2 heterocycles. The third-order valence-electron chi connectivity index (χ3n) is 6.57. The molecule has 1 unspecified atom stereocenters. The van der Waals surface area contributed by atoms with Crippen molar-refractivity contribution < 1.29 is 14.3 Å². The first-order chi connectivity index (χ1) is 17.9. The Morgan fingerprint density at radius 3 is 2.47 bits per heavy atom. The number of nitrogens with two attached hydrogens (primary N) is 2. The molecule has 0 aliphatic carbocycles. The van der Waals surface area contributed by atoms with E-state index in [4.69, 9.17) is 27.8 Å². The van der Waals surface area contributed by atoms with Crippen LogP contribution in [-0.4, -0.2) is 65.2 Å². The number of piperidine rings is 1. The maximum absolute atomic E-state index is 12.8. The zero-order valence-corrected chi connectivity index (χ0v) is 23.5. The molecule has 1 fully saturated rings. The summed E-state index contributed by atoms with van der Waals surface area (Å²) in [6.45, 7) is 11.1. The van der Waals surface area contributed by atoms with Crippen molar-refractivity contribution in [1.29, 1.82) is 0 Å². The Balaban J connectivity index is 1.54. The highest BCUT2D eigenvalue weighted by atomic mass is 35.5. The fourth-order valence-corrected chi connectivity index (χ4v) is 4.56. The number of nitrogens with zero attached hydrogens (tertiary/aromatic N) is 3. The van der Waals surface area contributed by atoms with Gasteiger partial charge in [0.05, 0.1) is 0 Å². The van der Waals surface area contributed by atoms with Crippen LogP contribution in [0.25, 0.3) is 0 Å². The van der Waals surface area contributed by atoms with Gasteiger partial charge in [0.15, 0.2) is 22.5 Å². The van der Waals surface area contributed by atoms with Crippen LogP contribution in [0.3, 0.4) is 0 Å². The number of nitrogens with one attached hydrogen (secondary N) is 2. The van der Waals surface area contributed by atoms with Crippen molar-refractivity contribution in [2.45, 2.75) is 52.6 Å². The molecule has 0 bridgehead atoms. The number of anilines is 2. The van der Waals surface area contributed by atoms with E-state index in [0.717, 1.165) is 25.8 Å². The van der Waals surface area contributed by atoms with Crippen molar-refractivity contribution in [2.24, 2.45) is 11.8 Å². The highest BCUT2D eigenvalue weighted by Gasteiger charge is 2.27. The van der Waals surface area contributed by atoms with Crippen molar-refractivity contribution >= 4 is 35.2 Å². The number of nitrogen functional groups attached to an aromatic ring is 2. The van der Waals surface area contributed by atoms with Gasteiger partial charge in [0.25, 0.3) is 5.91 Å². The lowest BCUT2D eigenvalue weighted by molar-refractivity contribution is 0.0184. The SMILES string of the molecule is Cc1ccccc1CC(CNCC1CCN(C(=O)OC(C)(C)C)CC1)CNC(=O)c1nc(Cl)c(N)nc1N. The third kappa shape index (κ3) is 8.73. The van der Waals surface area contributed by atoms with Crippen LogP contribution >= 0.6 is 11.6 Å². The summed E-state index contributed by atoms with van der Waals surface area (Å²) in [4.78, 5) is 34.8. The molecule has 0 spiro atoms. The van der Waals surface area contributed by atoms with Gasteiger partial charge in [-0.25, -0.2) is 14.8 Å². The Kier molecular flexibility index (Phi) is 10.2. The molecule has 3 rings (SSSR count). The fourth-order valence-electron chi connectivity index (χ4n) is 4.43. The molecule has 1 aromatic carbocycles.